The third kappa shape index (κ3) is 3.94. The van der Waals surface area contributed by atoms with Gasteiger partial charge in [0.1, 0.15) is 0 Å². The minimum Gasteiger partial charge on any atom is -0.367 e. The molecule has 1 aromatic heterocycles. The van der Waals surface area contributed by atoms with Crippen LogP contribution in [0.25, 0.3) is 21.9 Å². The van der Waals surface area contributed by atoms with E-state index in [4.69, 9.17) is 0 Å². The monoisotopic (exact) mass is 427 g/mol. The lowest BCUT2D eigenvalue weighted by Crippen LogP contribution is -2.43. The van der Waals surface area contributed by atoms with Crippen molar-refractivity contribution in [2.75, 3.05) is 36.4 Å². The fraction of sp³-hybridized carbons (Fsp3) is 0.192. The molecular formula is C26H25N3OS. The van der Waals surface area contributed by atoms with E-state index in [9.17, 15) is 4.79 Å². The van der Waals surface area contributed by atoms with Crippen LogP contribution in [-0.4, -0.2) is 32.1 Å². The summed E-state index contributed by atoms with van der Waals surface area (Å²) in [5.74, 6) is -0.0756. The summed E-state index contributed by atoms with van der Waals surface area (Å²) >= 11 is 1.69. The molecule has 1 fully saturated rings. The van der Waals surface area contributed by atoms with Crippen LogP contribution < -0.4 is 15.5 Å². The van der Waals surface area contributed by atoms with Crippen LogP contribution in [0.4, 0.5) is 11.4 Å². The number of carbonyl (C=O) groups is 1. The maximum absolute atomic E-state index is 13.4. The SMILES string of the molecule is Cc1cc(N2CCNCC2)c(NC(=O)c2cccc3ccccc23)cc1-c1ccsc1. The molecule has 0 spiro atoms. The molecule has 0 radical (unpaired) electrons. The smallest absolute Gasteiger partial charge is 0.256 e. The summed E-state index contributed by atoms with van der Waals surface area (Å²) in [6, 6.07) is 20.4. The zero-order valence-electron chi connectivity index (χ0n) is 17.5. The Labute approximate surface area is 186 Å². The van der Waals surface area contributed by atoms with Crippen molar-refractivity contribution >= 4 is 39.4 Å². The molecule has 0 saturated carbocycles. The van der Waals surface area contributed by atoms with E-state index in [1.165, 1.54) is 11.1 Å². The van der Waals surface area contributed by atoms with Gasteiger partial charge in [0.05, 0.1) is 11.4 Å². The van der Waals surface area contributed by atoms with Gasteiger partial charge in [-0.05, 0) is 69.4 Å². The average Bonchev–Trinajstić information content (AvgIpc) is 3.35. The normalized spacial score (nSPS) is 14.0. The predicted octanol–water partition coefficient (Wildman–Crippen LogP) is 5.54. The molecule has 31 heavy (non-hydrogen) atoms. The van der Waals surface area contributed by atoms with Crippen LogP contribution in [0.15, 0.2) is 71.4 Å². The summed E-state index contributed by atoms with van der Waals surface area (Å²) in [5, 5.41) is 12.9. The summed E-state index contributed by atoms with van der Waals surface area (Å²) in [4.78, 5) is 15.8. The predicted molar refractivity (Wildman–Crippen MR) is 131 cm³/mol. The van der Waals surface area contributed by atoms with E-state index in [1.807, 2.05) is 42.5 Å². The first-order valence-electron chi connectivity index (χ1n) is 10.6. The van der Waals surface area contributed by atoms with E-state index in [0.717, 1.165) is 53.9 Å². The lowest BCUT2D eigenvalue weighted by molar-refractivity contribution is 0.102. The summed E-state index contributed by atoms with van der Waals surface area (Å²) in [7, 11) is 0. The van der Waals surface area contributed by atoms with Gasteiger partial charge in [0.2, 0.25) is 0 Å². The van der Waals surface area contributed by atoms with Gasteiger partial charge >= 0.3 is 0 Å². The molecule has 0 atom stereocenters. The molecule has 5 heteroatoms. The number of nitrogens with one attached hydrogen (secondary N) is 2. The van der Waals surface area contributed by atoms with E-state index in [-0.39, 0.29) is 5.91 Å². The van der Waals surface area contributed by atoms with E-state index in [0.29, 0.717) is 5.56 Å². The number of carbonyl (C=O) groups excluding carboxylic acids is 1. The molecule has 4 nitrogen and oxygen atoms in total. The number of hydrogen-bond acceptors (Lipinski definition) is 4. The topological polar surface area (TPSA) is 44.4 Å². The molecule has 0 unspecified atom stereocenters. The van der Waals surface area contributed by atoms with Gasteiger partial charge in [-0.3, -0.25) is 4.79 Å². The van der Waals surface area contributed by atoms with Crippen molar-refractivity contribution in [2.24, 2.45) is 0 Å². The minimum atomic E-state index is -0.0756. The highest BCUT2D eigenvalue weighted by atomic mass is 32.1. The van der Waals surface area contributed by atoms with Crippen LogP contribution in [0.3, 0.4) is 0 Å². The first-order chi connectivity index (χ1) is 15.2. The molecule has 4 aromatic rings. The largest absolute Gasteiger partial charge is 0.367 e. The van der Waals surface area contributed by atoms with E-state index in [2.05, 4.69) is 51.4 Å². The lowest BCUT2D eigenvalue weighted by Gasteiger charge is -2.32. The number of piperazine rings is 1. The van der Waals surface area contributed by atoms with Crippen molar-refractivity contribution in [3.63, 3.8) is 0 Å². The van der Waals surface area contributed by atoms with Crippen molar-refractivity contribution in [1.82, 2.24) is 5.32 Å². The average molecular weight is 428 g/mol. The van der Waals surface area contributed by atoms with Gasteiger partial charge in [0.25, 0.3) is 5.91 Å². The second-order valence-corrected chi connectivity index (χ2v) is 8.69. The Morgan fingerprint density at radius 1 is 1.03 bits per heavy atom. The summed E-state index contributed by atoms with van der Waals surface area (Å²) in [6.07, 6.45) is 0. The Kier molecular flexibility index (Phi) is 5.45. The van der Waals surface area contributed by atoms with Crippen LogP contribution in [-0.2, 0) is 0 Å². The number of nitrogens with zero attached hydrogens (tertiary/aromatic N) is 1. The van der Waals surface area contributed by atoms with Gasteiger partial charge < -0.3 is 15.5 Å². The molecule has 1 saturated heterocycles. The van der Waals surface area contributed by atoms with Crippen LogP contribution in [0.2, 0.25) is 0 Å². The van der Waals surface area contributed by atoms with Crippen molar-refractivity contribution in [3.8, 4) is 11.1 Å². The molecule has 3 aromatic carbocycles. The quantitative estimate of drug-likeness (QED) is 0.450. The third-order valence-electron chi connectivity index (χ3n) is 5.92. The van der Waals surface area contributed by atoms with Crippen molar-refractivity contribution < 1.29 is 4.79 Å². The number of anilines is 2. The number of fused-ring (bicyclic) bond motifs is 1. The second kappa shape index (κ2) is 8.53. The van der Waals surface area contributed by atoms with Crippen LogP contribution >= 0.6 is 11.3 Å². The third-order valence-corrected chi connectivity index (χ3v) is 6.60. The number of benzene rings is 3. The van der Waals surface area contributed by atoms with Gasteiger partial charge in [-0.25, -0.2) is 0 Å². The number of aryl methyl sites for hydroxylation is 1. The van der Waals surface area contributed by atoms with Gasteiger partial charge in [-0.2, -0.15) is 11.3 Å². The van der Waals surface area contributed by atoms with E-state index in [1.54, 1.807) is 11.3 Å². The highest BCUT2D eigenvalue weighted by Crippen LogP contribution is 2.36. The molecule has 2 heterocycles. The molecule has 1 amide bonds. The van der Waals surface area contributed by atoms with Crippen molar-refractivity contribution in [2.45, 2.75) is 6.92 Å². The van der Waals surface area contributed by atoms with E-state index < -0.39 is 0 Å². The maximum Gasteiger partial charge on any atom is 0.256 e. The zero-order valence-corrected chi connectivity index (χ0v) is 18.3. The summed E-state index contributed by atoms with van der Waals surface area (Å²) in [6.45, 7) is 5.89. The molecule has 1 aliphatic heterocycles. The van der Waals surface area contributed by atoms with Crippen molar-refractivity contribution in [3.05, 3.63) is 82.6 Å². The number of amides is 1. The molecular weight excluding hydrogens is 402 g/mol. The minimum absolute atomic E-state index is 0.0756. The zero-order chi connectivity index (χ0) is 21.2. The number of thiophene rings is 1. The molecule has 156 valence electrons. The fourth-order valence-electron chi connectivity index (χ4n) is 4.30. The standard InChI is InChI=1S/C26H25N3OS/c1-18-15-25(29-12-10-27-11-13-29)24(16-23(18)20-9-14-31-17-20)28-26(30)22-8-4-6-19-5-2-3-7-21(19)22/h2-9,14-17,27H,10-13H2,1H3,(H,28,30). The van der Waals surface area contributed by atoms with Crippen LogP contribution in [0, 0.1) is 6.92 Å². The lowest BCUT2D eigenvalue weighted by atomic mass is 9.99. The number of hydrogen-bond donors (Lipinski definition) is 2. The molecule has 0 bridgehead atoms. The first-order valence-corrected chi connectivity index (χ1v) is 11.6. The molecule has 5 rings (SSSR count). The Morgan fingerprint density at radius 3 is 2.65 bits per heavy atom. The Bertz CT molecular complexity index is 1220. The van der Waals surface area contributed by atoms with Crippen LogP contribution in [0.5, 0.6) is 0 Å². The maximum atomic E-state index is 13.4. The highest BCUT2D eigenvalue weighted by molar-refractivity contribution is 7.08. The first kappa shape index (κ1) is 19.8. The Balaban J connectivity index is 1.57. The van der Waals surface area contributed by atoms with Gasteiger partial charge in [0, 0.05) is 31.7 Å². The van der Waals surface area contributed by atoms with Gasteiger partial charge in [-0.1, -0.05) is 36.4 Å². The summed E-state index contributed by atoms with van der Waals surface area (Å²) in [5.41, 5.74) is 6.22. The molecule has 1 aliphatic rings. The van der Waals surface area contributed by atoms with Crippen molar-refractivity contribution in [1.29, 1.82) is 0 Å². The molecule has 0 aliphatic carbocycles. The van der Waals surface area contributed by atoms with Gasteiger partial charge in [-0.15, -0.1) is 0 Å². The fourth-order valence-corrected chi connectivity index (χ4v) is 4.96. The Morgan fingerprint density at radius 2 is 1.84 bits per heavy atom. The van der Waals surface area contributed by atoms with Gasteiger partial charge in [0.15, 0.2) is 0 Å². The molecule has 2 N–H and O–H groups in total. The number of rotatable bonds is 4. The van der Waals surface area contributed by atoms with Crippen LogP contribution in [0.1, 0.15) is 15.9 Å². The summed E-state index contributed by atoms with van der Waals surface area (Å²) < 4.78 is 0. The second-order valence-electron chi connectivity index (χ2n) is 7.91. The Hall–Kier alpha value is -3.15. The highest BCUT2D eigenvalue weighted by Gasteiger charge is 2.19. The van der Waals surface area contributed by atoms with E-state index >= 15 is 0 Å².